The van der Waals surface area contributed by atoms with Crippen molar-refractivity contribution >= 4 is 29.2 Å². The molecule has 1 saturated carbocycles. The number of aromatic amines is 1. The van der Waals surface area contributed by atoms with Crippen molar-refractivity contribution in [2.75, 3.05) is 10.2 Å². The molecule has 1 aromatic carbocycles. The van der Waals surface area contributed by atoms with Gasteiger partial charge in [-0.15, -0.1) is 0 Å². The second-order valence-electron chi connectivity index (χ2n) is 6.22. The van der Waals surface area contributed by atoms with Crippen LogP contribution in [0.3, 0.4) is 0 Å². The summed E-state index contributed by atoms with van der Waals surface area (Å²) >= 11 is 0. The first-order valence-electron chi connectivity index (χ1n) is 8.10. The zero-order valence-corrected chi connectivity index (χ0v) is 13.4. The molecule has 25 heavy (non-hydrogen) atoms. The van der Waals surface area contributed by atoms with Crippen LogP contribution in [0.15, 0.2) is 42.5 Å². The van der Waals surface area contributed by atoms with Gasteiger partial charge in [0.25, 0.3) is 11.8 Å². The second-order valence-corrected chi connectivity index (χ2v) is 6.22. The molecule has 2 aliphatic rings. The van der Waals surface area contributed by atoms with Gasteiger partial charge in [0.2, 0.25) is 5.91 Å². The smallest absolute Gasteiger partial charge is 0.258 e. The lowest BCUT2D eigenvalue weighted by Crippen LogP contribution is -2.29. The maximum Gasteiger partial charge on any atom is 0.258 e. The molecule has 1 aliphatic heterocycles. The van der Waals surface area contributed by atoms with Crippen molar-refractivity contribution in [1.82, 2.24) is 10.2 Å². The lowest BCUT2D eigenvalue weighted by Gasteiger charge is -2.14. The number of nitrogens with one attached hydrogen (secondary N) is 2. The lowest BCUT2D eigenvalue weighted by atomic mass is 10.1. The van der Waals surface area contributed by atoms with Gasteiger partial charge in [-0.25, -0.2) is 4.90 Å². The van der Waals surface area contributed by atoms with Crippen molar-refractivity contribution in [3.05, 3.63) is 53.7 Å². The van der Waals surface area contributed by atoms with Crippen molar-refractivity contribution in [2.24, 2.45) is 0 Å². The average Bonchev–Trinajstić information content (AvgIpc) is 3.25. The minimum Gasteiger partial charge on any atom is -0.309 e. The average molecular weight is 336 g/mol. The lowest BCUT2D eigenvalue weighted by molar-refractivity contribution is -0.120. The van der Waals surface area contributed by atoms with E-state index in [-0.39, 0.29) is 24.1 Å². The number of imide groups is 1. The fraction of sp³-hybridized carbons (Fsp3) is 0.222. The Balaban J connectivity index is 1.37. The van der Waals surface area contributed by atoms with E-state index in [2.05, 4.69) is 15.5 Å². The first-order valence-corrected chi connectivity index (χ1v) is 8.10. The molecule has 2 N–H and O–H groups in total. The molecule has 7 nitrogen and oxygen atoms in total. The van der Waals surface area contributed by atoms with Gasteiger partial charge in [0.1, 0.15) is 0 Å². The highest BCUT2D eigenvalue weighted by Crippen LogP contribution is 2.39. The van der Waals surface area contributed by atoms with Gasteiger partial charge in [0.05, 0.1) is 12.1 Å². The van der Waals surface area contributed by atoms with Crippen molar-refractivity contribution < 1.29 is 14.4 Å². The summed E-state index contributed by atoms with van der Waals surface area (Å²) in [4.78, 5) is 36.5. The number of benzene rings is 1. The third-order valence-corrected chi connectivity index (χ3v) is 4.25. The number of carbonyl (C=O) groups is 3. The molecule has 0 saturated heterocycles. The quantitative estimate of drug-likeness (QED) is 0.815. The SMILES string of the molecule is O=C(Cc1ccc(N2C(=O)C=CC2=O)cc1)Nc1cc(C2CC2)[nH]n1. The number of nitrogens with zero attached hydrogens (tertiary/aromatic N) is 2. The van der Waals surface area contributed by atoms with E-state index < -0.39 is 0 Å². The Hall–Kier alpha value is -3.22. The van der Waals surface area contributed by atoms with Crippen molar-refractivity contribution in [3.8, 4) is 0 Å². The summed E-state index contributed by atoms with van der Waals surface area (Å²) in [5, 5.41) is 9.81. The Labute approximate surface area is 143 Å². The fourth-order valence-corrected chi connectivity index (χ4v) is 2.79. The summed E-state index contributed by atoms with van der Waals surface area (Å²) in [6.07, 6.45) is 5.00. The Morgan fingerprint density at radius 2 is 1.84 bits per heavy atom. The number of hydrogen-bond donors (Lipinski definition) is 2. The van der Waals surface area contributed by atoms with Gasteiger partial charge in [0, 0.05) is 29.8 Å². The number of amides is 3. The number of hydrogen-bond acceptors (Lipinski definition) is 4. The van der Waals surface area contributed by atoms with Gasteiger partial charge in [0.15, 0.2) is 5.82 Å². The predicted molar refractivity (Wildman–Crippen MR) is 91.0 cm³/mol. The van der Waals surface area contributed by atoms with Gasteiger partial charge in [-0.2, -0.15) is 5.10 Å². The monoisotopic (exact) mass is 336 g/mol. The van der Waals surface area contributed by atoms with E-state index in [0.717, 1.165) is 16.2 Å². The molecular weight excluding hydrogens is 320 g/mol. The highest BCUT2D eigenvalue weighted by molar-refractivity contribution is 6.28. The van der Waals surface area contributed by atoms with Crippen molar-refractivity contribution in [3.63, 3.8) is 0 Å². The van der Waals surface area contributed by atoms with Crippen LogP contribution in [0, 0.1) is 0 Å². The minimum absolute atomic E-state index is 0.170. The molecule has 2 heterocycles. The van der Waals surface area contributed by atoms with E-state index in [9.17, 15) is 14.4 Å². The van der Waals surface area contributed by atoms with Crippen LogP contribution in [0.4, 0.5) is 11.5 Å². The molecular formula is C18H16N4O3. The molecule has 1 fully saturated rings. The maximum absolute atomic E-state index is 12.1. The van der Waals surface area contributed by atoms with E-state index in [1.807, 2.05) is 6.07 Å². The molecule has 0 atom stereocenters. The standard InChI is InChI=1S/C18H16N4O3/c23-16(19-15-10-14(20-21-15)12-3-4-12)9-11-1-5-13(6-2-11)22-17(24)7-8-18(22)25/h1-2,5-8,10,12H,3-4,9H2,(H2,19,20,21,23). The van der Waals surface area contributed by atoms with E-state index in [4.69, 9.17) is 0 Å². The summed E-state index contributed by atoms with van der Waals surface area (Å²) in [7, 11) is 0. The number of H-pyrrole nitrogens is 1. The van der Waals surface area contributed by atoms with Crippen LogP contribution in [0.5, 0.6) is 0 Å². The van der Waals surface area contributed by atoms with Crippen LogP contribution >= 0.6 is 0 Å². The van der Waals surface area contributed by atoms with Crippen LogP contribution in [0.1, 0.15) is 30.0 Å². The van der Waals surface area contributed by atoms with Crippen LogP contribution < -0.4 is 10.2 Å². The topological polar surface area (TPSA) is 95.2 Å². The molecule has 0 spiro atoms. The van der Waals surface area contributed by atoms with Crippen LogP contribution in [0.2, 0.25) is 0 Å². The third-order valence-electron chi connectivity index (χ3n) is 4.25. The molecule has 7 heteroatoms. The zero-order valence-electron chi connectivity index (χ0n) is 13.4. The molecule has 1 aliphatic carbocycles. The van der Waals surface area contributed by atoms with Crippen LogP contribution in [0.25, 0.3) is 0 Å². The molecule has 3 amide bonds. The van der Waals surface area contributed by atoms with Crippen LogP contribution in [-0.4, -0.2) is 27.9 Å². The van der Waals surface area contributed by atoms with Crippen LogP contribution in [-0.2, 0) is 20.8 Å². The second kappa shape index (κ2) is 6.01. The van der Waals surface area contributed by atoms with Crippen molar-refractivity contribution in [1.29, 1.82) is 0 Å². The number of anilines is 2. The highest BCUT2D eigenvalue weighted by Gasteiger charge is 2.26. The van der Waals surface area contributed by atoms with E-state index in [0.29, 0.717) is 17.4 Å². The number of carbonyl (C=O) groups excluding carboxylic acids is 3. The molecule has 4 rings (SSSR count). The van der Waals surface area contributed by atoms with Gasteiger partial charge >= 0.3 is 0 Å². The Bertz CT molecular complexity index is 860. The van der Waals surface area contributed by atoms with E-state index >= 15 is 0 Å². The zero-order chi connectivity index (χ0) is 17.4. The third kappa shape index (κ3) is 3.21. The van der Waals surface area contributed by atoms with Crippen molar-refractivity contribution in [2.45, 2.75) is 25.2 Å². The summed E-state index contributed by atoms with van der Waals surface area (Å²) in [5.41, 5.74) is 2.34. The van der Waals surface area contributed by atoms with E-state index in [1.165, 1.54) is 25.0 Å². The normalized spacial score (nSPS) is 16.6. The molecule has 1 aromatic heterocycles. The number of rotatable bonds is 5. The highest BCUT2D eigenvalue weighted by atomic mass is 16.2. The molecule has 0 bridgehead atoms. The van der Waals surface area contributed by atoms with Gasteiger partial charge in [-0.05, 0) is 30.5 Å². The summed E-state index contributed by atoms with van der Waals surface area (Å²) in [5.74, 6) is 0.191. The summed E-state index contributed by atoms with van der Waals surface area (Å²) in [6.45, 7) is 0. The van der Waals surface area contributed by atoms with Gasteiger partial charge < -0.3 is 5.32 Å². The number of aromatic nitrogens is 2. The summed E-state index contributed by atoms with van der Waals surface area (Å²) < 4.78 is 0. The Morgan fingerprint density at radius 3 is 2.48 bits per heavy atom. The maximum atomic E-state index is 12.1. The molecule has 2 aromatic rings. The Kier molecular flexibility index (Phi) is 3.68. The molecule has 0 unspecified atom stereocenters. The minimum atomic E-state index is -0.361. The first kappa shape index (κ1) is 15.3. The summed E-state index contributed by atoms with van der Waals surface area (Å²) in [6, 6.07) is 8.65. The molecule has 0 radical (unpaired) electrons. The Morgan fingerprint density at radius 1 is 1.16 bits per heavy atom. The largest absolute Gasteiger partial charge is 0.309 e. The van der Waals surface area contributed by atoms with Gasteiger partial charge in [-0.1, -0.05) is 12.1 Å². The first-order chi connectivity index (χ1) is 12.1. The van der Waals surface area contributed by atoms with E-state index in [1.54, 1.807) is 24.3 Å². The molecule has 126 valence electrons. The fourth-order valence-electron chi connectivity index (χ4n) is 2.79. The predicted octanol–water partition coefficient (Wildman–Crippen LogP) is 1.90. The van der Waals surface area contributed by atoms with Gasteiger partial charge in [-0.3, -0.25) is 19.5 Å².